The van der Waals surface area contributed by atoms with E-state index >= 15 is 0 Å². The summed E-state index contributed by atoms with van der Waals surface area (Å²) in [6.45, 7) is 0. The van der Waals surface area contributed by atoms with E-state index in [1.165, 1.54) is 24.4 Å². The van der Waals surface area contributed by atoms with Crippen molar-refractivity contribution in [2.75, 3.05) is 0 Å². The Morgan fingerprint density at radius 1 is 1.33 bits per heavy atom. The van der Waals surface area contributed by atoms with Gasteiger partial charge in [-0.1, -0.05) is 15.9 Å². The first-order valence-corrected chi connectivity index (χ1v) is 5.79. The van der Waals surface area contributed by atoms with E-state index in [-0.39, 0.29) is 17.5 Å². The van der Waals surface area contributed by atoms with Crippen LogP contribution in [0.15, 0.2) is 41.0 Å². The molecule has 0 atom stereocenters. The number of ether oxygens (including phenoxy) is 1. The van der Waals surface area contributed by atoms with Crippen molar-refractivity contribution in [1.29, 1.82) is 5.41 Å². The number of halogens is 2. The van der Waals surface area contributed by atoms with Gasteiger partial charge in [-0.25, -0.2) is 9.37 Å². The van der Waals surface area contributed by atoms with Crippen molar-refractivity contribution in [3.63, 3.8) is 0 Å². The average molecular weight is 310 g/mol. The van der Waals surface area contributed by atoms with Crippen LogP contribution in [0.1, 0.15) is 5.56 Å². The highest BCUT2D eigenvalue weighted by molar-refractivity contribution is 9.10. The molecule has 0 amide bonds. The Labute approximate surface area is 111 Å². The molecule has 0 spiro atoms. The molecular weight excluding hydrogens is 301 g/mol. The Morgan fingerprint density at radius 2 is 2.11 bits per heavy atom. The first kappa shape index (κ1) is 12.5. The van der Waals surface area contributed by atoms with E-state index < -0.39 is 5.82 Å². The fraction of sp³-hybridized carbons (Fsp3) is 0. The van der Waals surface area contributed by atoms with Crippen LogP contribution in [0.3, 0.4) is 0 Å². The third-order valence-corrected chi connectivity index (χ3v) is 2.65. The molecule has 0 aliphatic heterocycles. The zero-order valence-electron chi connectivity index (χ0n) is 9.15. The number of nitrogens with zero attached hydrogens (tertiary/aromatic N) is 1. The summed E-state index contributed by atoms with van der Waals surface area (Å²) in [5.74, 6) is -0.353. The van der Waals surface area contributed by atoms with Gasteiger partial charge in [0.1, 0.15) is 5.84 Å². The van der Waals surface area contributed by atoms with Crippen molar-refractivity contribution in [2.45, 2.75) is 0 Å². The van der Waals surface area contributed by atoms with Crippen LogP contribution in [0.4, 0.5) is 4.39 Å². The number of hydrogen-bond acceptors (Lipinski definition) is 3. The summed E-state index contributed by atoms with van der Waals surface area (Å²) in [4.78, 5) is 3.93. The lowest BCUT2D eigenvalue weighted by atomic mass is 10.2. The summed E-state index contributed by atoms with van der Waals surface area (Å²) in [6, 6.07) is 7.50. The zero-order chi connectivity index (χ0) is 13.1. The average Bonchev–Trinajstić information content (AvgIpc) is 2.33. The number of nitrogens with two attached hydrogens (primary N) is 1. The van der Waals surface area contributed by atoms with Gasteiger partial charge in [0.25, 0.3) is 0 Å². The first-order valence-electron chi connectivity index (χ1n) is 4.99. The molecule has 0 radical (unpaired) electrons. The molecule has 0 saturated carbocycles. The third kappa shape index (κ3) is 2.84. The number of nitrogens with one attached hydrogen (secondary N) is 1. The predicted octanol–water partition coefficient (Wildman–Crippen LogP) is 3.06. The predicted molar refractivity (Wildman–Crippen MR) is 69.4 cm³/mol. The second-order valence-corrected chi connectivity index (χ2v) is 4.39. The van der Waals surface area contributed by atoms with Gasteiger partial charge in [-0.15, -0.1) is 0 Å². The zero-order valence-corrected chi connectivity index (χ0v) is 10.7. The lowest BCUT2D eigenvalue weighted by Gasteiger charge is -2.07. The number of hydrogen-bond donors (Lipinski definition) is 2. The monoisotopic (exact) mass is 309 g/mol. The minimum absolute atomic E-state index is 0.0615. The number of nitrogen functional groups attached to an aromatic ring is 1. The van der Waals surface area contributed by atoms with E-state index in [4.69, 9.17) is 15.9 Å². The van der Waals surface area contributed by atoms with Crippen molar-refractivity contribution in [2.24, 2.45) is 5.73 Å². The lowest BCUT2D eigenvalue weighted by molar-refractivity contribution is 0.427. The summed E-state index contributed by atoms with van der Waals surface area (Å²) in [6.07, 6.45) is 1.45. The molecule has 0 fully saturated rings. The van der Waals surface area contributed by atoms with Gasteiger partial charge in [0.05, 0.1) is 0 Å². The highest BCUT2D eigenvalue weighted by Crippen LogP contribution is 2.25. The Morgan fingerprint density at radius 3 is 2.78 bits per heavy atom. The molecule has 1 aromatic heterocycles. The molecule has 18 heavy (non-hydrogen) atoms. The van der Waals surface area contributed by atoms with E-state index in [0.717, 1.165) is 0 Å². The van der Waals surface area contributed by atoms with Gasteiger partial charge >= 0.3 is 0 Å². The Hall–Kier alpha value is -1.95. The van der Waals surface area contributed by atoms with Gasteiger partial charge in [0.2, 0.25) is 5.88 Å². The van der Waals surface area contributed by atoms with Crippen molar-refractivity contribution < 1.29 is 9.13 Å². The van der Waals surface area contributed by atoms with Crippen molar-refractivity contribution in [3.8, 4) is 11.6 Å². The molecule has 0 bridgehead atoms. The molecule has 2 aromatic rings. The fourth-order valence-corrected chi connectivity index (χ4v) is 1.64. The SMILES string of the molecule is N=C(N)c1ccnc(Oc2ccc(Br)cc2F)c1. The number of amidine groups is 1. The van der Waals surface area contributed by atoms with Crippen LogP contribution >= 0.6 is 15.9 Å². The molecule has 6 heteroatoms. The summed E-state index contributed by atoms with van der Waals surface area (Å²) in [5, 5.41) is 7.30. The minimum atomic E-state index is -0.501. The molecule has 0 unspecified atom stereocenters. The second-order valence-electron chi connectivity index (χ2n) is 3.47. The van der Waals surface area contributed by atoms with E-state index in [1.54, 1.807) is 12.1 Å². The largest absolute Gasteiger partial charge is 0.436 e. The molecule has 0 saturated heterocycles. The molecule has 4 nitrogen and oxygen atoms in total. The molecule has 2 rings (SSSR count). The summed E-state index contributed by atoms with van der Waals surface area (Å²) in [5.41, 5.74) is 5.82. The molecule has 1 aromatic carbocycles. The lowest BCUT2D eigenvalue weighted by Crippen LogP contribution is -2.11. The molecule has 1 heterocycles. The normalized spacial score (nSPS) is 10.1. The van der Waals surface area contributed by atoms with E-state index in [1.807, 2.05) is 0 Å². The topological polar surface area (TPSA) is 72.0 Å². The van der Waals surface area contributed by atoms with Gasteiger partial charge in [0.15, 0.2) is 11.6 Å². The van der Waals surface area contributed by atoms with Gasteiger partial charge < -0.3 is 10.5 Å². The number of rotatable bonds is 3. The molecular formula is C12H9BrFN3O. The van der Waals surface area contributed by atoms with Gasteiger partial charge in [-0.3, -0.25) is 5.41 Å². The van der Waals surface area contributed by atoms with Gasteiger partial charge in [-0.2, -0.15) is 0 Å². The summed E-state index contributed by atoms with van der Waals surface area (Å²) < 4.78 is 19.5. The summed E-state index contributed by atoms with van der Waals surface area (Å²) >= 11 is 3.16. The van der Waals surface area contributed by atoms with Gasteiger partial charge in [-0.05, 0) is 24.3 Å². The van der Waals surface area contributed by atoms with Crippen LogP contribution in [0, 0.1) is 11.2 Å². The number of aromatic nitrogens is 1. The maximum Gasteiger partial charge on any atom is 0.220 e. The third-order valence-electron chi connectivity index (χ3n) is 2.15. The number of benzene rings is 1. The van der Waals surface area contributed by atoms with Crippen LogP contribution in [0.25, 0.3) is 0 Å². The van der Waals surface area contributed by atoms with Crippen LogP contribution in [0.2, 0.25) is 0 Å². The van der Waals surface area contributed by atoms with Crippen molar-refractivity contribution >= 4 is 21.8 Å². The van der Waals surface area contributed by atoms with E-state index in [2.05, 4.69) is 20.9 Å². The maximum absolute atomic E-state index is 13.5. The molecule has 92 valence electrons. The number of pyridine rings is 1. The second kappa shape index (κ2) is 5.14. The molecule has 3 N–H and O–H groups in total. The van der Waals surface area contributed by atoms with Crippen LogP contribution in [0.5, 0.6) is 11.6 Å². The fourth-order valence-electron chi connectivity index (χ4n) is 1.30. The minimum Gasteiger partial charge on any atom is -0.436 e. The van der Waals surface area contributed by atoms with Crippen LogP contribution in [-0.2, 0) is 0 Å². The summed E-state index contributed by atoms with van der Waals surface area (Å²) in [7, 11) is 0. The van der Waals surface area contributed by atoms with E-state index in [9.17, 15) is 4.39 Å². The first-order chi connectivity index (χ1) is 8.56. The molecule has 0 aliphatic rings. The van der Waals surface area contributed by atoms with Crippen molar-refractivity contribution in [1.82, 2.24) is 4.98 Å². The maximum atomic E-state index is 13.5. The highest BCUT2D eigenvalue weighted by Gasteiger charge is 2.07. The van der Waals surface area contributed by atoms with Crippen LogP contribution in [-0.4, -0.2) is 10.8 Å². The van der Waals surface area contributed by atoms with E-state index in [0.29, 0.717) is 10.0 Å². The standard InChI is InChI=1S/C12H9BrFN3O/c13-8-1-2-10(9(14)6-8)18-11-5-7(12(15)16)3-4-17-11/h1-6H,(H3,15,16). The van der Waals surface area contributed by atoms with Crippen molar-refractivity contribution in [3.05, 3.63) is 52.4 Å². The Balaban J connectivity index is 2.28. The Kier molecular flexibility index (Phi) is 3.57. The highest BCUT2D eigenvalue weighted by atomic mass is 79.9. The van der Waals surface area contributed by atoms with Crippen LogP contribution < -0.4 is 10.5 Å². The van der Waals surface area contributed by atoms with Gasteiger partial charge in [0, 0.05) is 22.3 Å². The smallest absolute Gasteiger partial charge is 0.220 e. The quantitative estimate of drug-likeness (QED) is 0.676. The molecule has 0 aliphatic carbocycles. The Bertz CT molecular complexity index is 604.